The van der Waals surface area contributed by atoms with Gasteiger partial charge in [-0.25, -0.2) is 0 Å². The van der Waals surface area contributed by atoms with E-state index in [-0.39, 0.29) is 16.8 Å². The van der Waals surface area contributed by atoms with E-state index in [2.05, 4.69) is 0 Å². The predicted octanol–water partition coefficient (Wildman–Crippen LogP) is 4.44. The molecule has 1 heterocycles. The third-order valence-corrected chi connectivity index (χ3v) is 3.59. The van der Waals surface area contributed by atoms with Crippen LogP contribution in [0, 0.1) is 0 Å². The molecule has 22 heavy (non-hydrogen) atoms. The molecule has 0 spiro atoms. The summed E-state index contributed by atoms with van der Waals surface area (Å²) in [4.78, 5) is 25.2. The first-order valence-corrected chi connectivity index (χ1v) is 7.37. The number of benzene rings is 2. The maximum atomic E-state index is 12.8. The van der Waals surface area contributed by atoms with Crippen LogP contribution >= 0.6 is 0 Å². The smallest absolute Gasteiger partial charge is 0.204 e. The van der Waals surface area contributed by atoms with E-state index >= 15 is 0 Å². The molecular formula is C19H16O3. The van der Waals surface area contributed by atoms with Gasteiger partial charge in [0.05, 0.1) is 5.39 Å². The zero-order chi connectivity index (χ0) is 15.5. The Labute approximate surface area is 128 Å². The first-order chi connectivity index (χ1) is 10.7. The standard InChI is InChI=1S/C19H16O3/c1-2-8-15(20)17-18(21)14-11-6-7-12-16(14)22-19(17)13-9-4-3-5-10-13/h3-7,9-12H,2,8H2,1H3. The number of carbonyl (C=O) groups is 1. The lowest BCUT2D eigenvalue weighted by atomic mass is 9.99. The molecule has 3 heteroatoms. The van der Waals surface area contributed by atoms with E-state index in [0.717, 1.165) is 5.56 Å². The average Bonchev–Trinajstić information content (AvgIpc) is 2.55. The molecule has 3 nitrogen and oxygen atoms in total. The minimum Gasteiger partial charge on any atom is -0.455 e. The van der Waals surface area contributed by atoms with Crippen molar-refractivity contribution >= 4 is 16.8 Å². The first-order valence-electron chi connectivity index (χ1n) is 7.37. The molecule has 0 radical (unpaired) electrons. The summed E-state index contributed by atoms with van der Waals surface area (Å²) in [7, 11) is 0. The van der Waals surface area contributed by atoms with Crippen LogP contribution in [0.4, 0.5) is 0 Å². The highest BCUT2D eigenvalue weighted by atomic mass is 16.3. The number of carbonyl (C=O) groups excluding carboxylic acids is 1. The van der Waals surface area contributed by atoms with Crippen LogP contribution in [-0.4, -0.2) is 5.78 Å². The Kier molecular flexibility index (Phi) is 3.88. The molecule has 0 fully saturated rings. The molecule has 110 valence electrons. The van der Waals surface area contributed by atoms with Gasteiger partial charge in [0.1, 0.15) is 16.9 Å². The van der Waals surface area contributed by atoms with Gasteiger partial charge in [0.25, 0.3) is 0 Å². The molecule has 0 aliphatic heterocycles. The van der Waals surface area contributed by atoms with Gasteiger partial charge in [-0.1, -0.05) is 49.4 Å². The number of fused-ring (bicyclic) bond motifs is 1. The Morgan fingerprint density at radius 2 is 1.68 bits per heavy atom. The first kappa shape index (κ1) is 14.3. The van der Waals surface area contributed by atoms with Gasteiger partial charge < -0.3 is 4.42 Å². The average molecular weight is 292 g/mol. The largest absolute Gasteiger partial charge is 0.455 e. The third-order valence-electron chi connectivity index (χ3n) is 3.59. The molecule has 3 aromatic rings. The number of hydrogen-bond acceptors (Lipinski definition) is 3. The second kappa shape index (κ2) is 5.98. The Morgan fingerprint density at radius 3 is 2.41 bits per heavy atom. The van der Waals surface area contributed by atoms with E-state index < -0.39 is 0 Å². The predicted molar refractivity (Wildman–Crippen MR) is 87.2 cm³/mol. The molecule has 2 aromatic carbocycles. The van der Waals surface area contributed by atoms with E-state index in [9.17, 15) is 9.59 Å². The summed E-state index contributed by atoms with van der Waals surface area (Å²) in [6, 6.07) is 16.3. The lowest BCUT2D eigenvalue weighted by Crippen LogP contribution is -2.16. The van der Waals surface area contributed by atoms with Gasteiger partial charge in [0.2, 0.25) is 5.43 Å². The maximum Gasteiger partial charge on any atom is 0.204 e. The summed E-state index contributed by atoms with van der Waals surface area (Å²) < 4.78 is 5.91. The van der Waals surface area contributed by atoms with Crippen LogP contribution in [0.5, 0.6) is 0 Å². The second-order valence-corrected chi connectivity index (χ2v) is 5.17. The van der Waals surface area contributed by atoms with Crippen molar-refractivity contribution < 1.29 is 9.21 Å². The van der Waals surface area contributed by atoms with E-state index in [1.165, 1.54) is 0 Å². The van der Waals surface area contributed by atoms with Crippen molar-refractivity contribution in [1.29, 1.82) is 0 Å². The quantitative estimate of drug-likeness (QED) is 0.668. The zero-order valence-corrected chi connectivity index (χ0v) is 12.3. The highest BCUT2D eigenvalue weighted by Gasteiger charge is 2.21. The van der Waals surface area contributed by atoms with Crippen molar-refractivity contribution in [3.8, 4) is 11.3 Å². The van der Waals surface area contributed by atoms with E-state index in [0.29, 0.717) is 29.6 Å². The van der Waals surface area contributed by atoms with Crippen LogP contribution in [-0.2, 0) is 0 Å². The Morgan fingerprint density at radius 1 is 1.00 bits per heavy atom. The summed E-state index contributed by atoms with van der Waals surface area (Å²) in [5, 5.41) is 0.446. The van der Waals surface area contributed by atoms with Gasteiger partial charge in [-0.15, -0.1) is 0 Å². The monoisotopic (exact) mass is 292 g/mol. The fourth-order valence-electron chi connectivity index (χ4n) is 2.54. The number of ketones is 1. The molecule has 1 aromatic heterocycles. The highest BCUT2D eigenvalue weighted by molar-refractivity contribution is 6.03. The summed E-state index contributed by atoms with van der Waals surface area (Å²) in [5.74, 6) is 0.198. The van der Waals surface area contributed by atoms with E-state index in [4.69, 9.17) is 4.42 Å². The number of Topliss-reactive ketones (excluding diaryl/α,β-unsaturated/α-hetero) is 1. The molecule has 0 atom stereocenters. The van der Waals surface area contributed by atoms with E-state index in [1.54, 1.807) is 18.2 Å². The fourth-order valence-corrected chi connectivity index (χ4v) is 2.54. The SMILES string of the molecule is CCCC(=O)c1c(-c2ccccc2)oc2ccccc2c1=O. The molecule has 3 rings (SSSR count). The van der Waals surface area contributed by atoms with Gasteiger partial charge >= 0.3 is 0 Å². The Bertz CT molecular complexity index is 876. The number of para-hydroxylation sites is 1. The Hall–Kier alpha value is -2.68. The van der Waals surface area contributed by atoms with Crippen LogP contribution in [0.1, 0.15) is 30.1 Å². The van der Waals surface area contributed by atoms with Gasteiger partial charge in [-0.2, -0.15) is 0 Å². The summed E-state index contributed by atoms with van der Waals surface area (Å²) in [6.07, 6.45) is 1.03. The van der Waals surface area contributed by atoms with Crippen LogP contribution in [0.25, 0.3) is 22.3 Å². The van der Waals surface area contributed by atoms with Crippen molar-refractivity contribution in [2.24, 2.45) is 0 Å². The molecule has 0 N–H and O–H groups in total. The molecule has 0 unspecified atom stereocenters. The molecule has 0 bridgehead atoms. The lowest BCUT2D eigenvalue weighted by Gasteiger charge is -2.09. The molecule has 0 aliphatic rings. The lowest BCUT2D eigenvalue weighted by molar-refractivity contribution is 0.0980. The molecular weight excluding hydrogens is 276 g/mol. The van der Waals surface area contributed by atoms with E-state index in [1.807, 2.05) is 43.3 Å². The van der Waals surface area contributed by atoms with Crippen LogP contribution in [0.15, 0.2) is 63.8 Å². The number of rotatable bonds is 4. The number of hydrogen-bond donors (Lipinski definition) is 0. The molecule has 0 amide bonds. The fraction of sp³-hybridized carbons (Fsp3) is 0.158. The molecule has 0 saturated carbocycles. The Balaban J connectivity index is 2.36. The molecule has 0 saturated heterocycles. The zero-order valence-electron chi connectivity index (χ0n) is 12.3. The van der Waals surface area contributed by atoms with Gasteiger partial charge in [-0.3, -0.25) is 9.59 Å². The van der Waals surface area contributed by atoms with Gasteiger partial charge in [0, 0.05) is 12.0 Å². The minimum absolute atomic E-state index is 0.159. The normalized spacial score (nSPS) is 10.8. The highest BCUT2D eigenvalue weighted by Crippen LogP contribution is 2.26. The van der Waals surface area contributed by atoms with Crippen molar-refractivity contribution in [2.75, 3.05) is 0 Å². The minimum atomic E-state index is -0.251. The van der Waals surface area contributed by atoms with Crippen molar-refractivity contribution in [1.82, 2.24) is 0 Å². The van der Waals surface area contributed by atoms with Gasteiger partial charge in [0.15, 0.2) is 5.78 Å². The van der Waals surface area contributed by atoms with Crippen LogP contribution in [0.3, 0.4) is 0 Å². The summed E-state index contributed by atoms with van der Waals surface area (Å²) in [5.41, 5.74) is 1.15. The van der Waals surface area contributed by atoms with Crippen molar-refractivity contribution in [3.05, 3.63) is 70.4 Å². The third kappa shape index (κ3) is 2.46. The second-order valence-electron chi connectivity index (χ2n) is 5.17. The van der Waals surface area contributed by atoms with Crippen LogP contribution in [0.2, 0.25) is 0 Å². The van der Waals surface area contributed by atoms with Crippen molar-refractivity contribution in [2.45, 2.75) is 19.8 Å². The molecule has 0 aliphatic carbocycles. The summed E-state index contributed by atoms with van der Waals surface area (Å²) in [6.45, 7) is 1.92. The topological polar surface area (TPSA) is 47.3 Å². The maximum absolute atomic E-state index is 12.8. The van der Waals surface area contributed by atoms with Crippen molar-refractivity contribution in [3.63, 3.8) is 0 Å². The summed E-state index contributed by atoms with van der Waals surface area (Å²) >= 11 is 0. The van der Waals surface area contributed by atoms with Gasteiger partial charge in [-0.05, 0) is 18.6 Å². The van der Waals surface area contributed by atoms with Crippen LogP contribution < -0.4 is 5.43 Å².